The van der Waals surface area contributed by atoms with Gasteiger partial charge in [0, 0.05) is 0 Å². The van der Waals surface area contributed by atoms with Gasteiger partial charge < -0.3 is 15.4 Å². The van der Waals surface area contributed by atoms with Crippen molar-refractivity contribution in [3.63, 3.8) is 0 Å². The first-order valence-electron chi connectivity index (χ1n) is 7.50. The van der Waals surface area contributed by atoms with Crippen molar-refractivity contribution in [3.8, 4) is 5.75 Å². The molecule has 1 spiro atoms. The molecule has 108 valence electrons. The fourth-order valence-corrected chi connectivity index (χ4v) is 3.19. The monoisotopic (exact) mass is 274 g/mol. The highest BCUT2D eigenvalue weighted by Crippen LogP contribution is 2.43. The van der Waals surface area contributed by atoms with Crippen LogP contribution in [0.15, 0.2) is 18.2 Å². The van der Waals surface area contributed by atoms with Gasteiger partial charge in [0.15, 0.2) is 0 Å². The van der Waals surface area contributed by atoms with Gasteiger partial charge in [-0.3, -0.25) is 4.79 Å². The molecular weight excluding hydrogens is 252 g/mol. The van der Waals surface area contributed by atoms with Crippen LogP contribution in [0.2, 0.25) is 0 Å². The van der Waals surface area contributed by atoms with Gasteiger partial charge in [0.25, 0.3) is 0 Å². The highest BCUT2D eigenvalue weighted by molar-refractivity contribution is 6.07. The summed E-state index contributed by atoms with van der Waals surface area (Å²) in [5.41, 5.74) is 1.33. The maximum Gasteiger partial charge on any atom is 0.250 e. The van der Waals surface area contributed by atoms with Crippen molar-refractivity contribution in [2.24, 2.45) is 5.92 Å². The van der Waals surface area contributed by atoms with E-state index < -0.39 is 5.54 Å². The van der Waals surface area contributed by atoms with Gasteiger partial charge in [0.05, 0.1) is 12.3 Å². The van der Waals surface area contributed by atoms with Gasteiger partial charge in [-0.2, -0.15) is 0 Å². The number of hydrogen-bond acceptors (Lipinski definition) is 3. The molecule has 0 bridgehead atoms. The van der Waals surface area contributed by atoms with Gasteiger partial charge in [-0.15, -0.1) is 0 Å². The Hall–Kier alpha value is -1.71. The zero-order valence-electron chi connectivity index (χ0n) is 12.2. The van der Waals surface area contributed by atoms with E-state index in [2.05, 4.69) is 17.6 Å². The van der Waals surface area contributed by atoms with E-state index in [0.29, 0.717) is 12.5 Å². The molecule has 0 aromatic heterocycles. The molecule has 1 saturated carbocycles. The van der Waals surface area contributed by atoms with Crippen LogP contribution in [0, 0.1) is 5.92 Å². The standard InChI is InChI=1S/C16H22N2O2/c1-3-20-13-6-4-5-12-14(13)17-15(19)16(18-12)9-7-11(2)8-10-16/h4-6,11,18H,3,7-10H2,1-2H3,(H,17,19). The van der Waals surface area contributed by atoms with Gasteiger partial charge in [0.2, 0.25) is 5.91 Å². The number of rotatable bonds is 2. The van der Waals surface area contributed by atoms with E-state index in [1.807, 2.05) is 25.1 Å². The number of para-hydroxylation sites is 1. The topological polar surface area (TPSA) is 50.4 Å². The lowest BCUT2D eigenvalue weighted by Gasteiger charge is -2.43. The number of hydrogen-bond donors (Lipinski definition) is 2. The molecule has 4 nitrogen and oxygen atoms in total. The molecule has 1 fully saturated rings. The fourth-order valence-electron chi connectivity index (χ4n) is 3.19. The molecule has 1 aliphatic heterocycles. The third kappa shape index (κ3) is 2.13. The van der Waals surface area contributed by atoms with Crippen molar-refractivity contribution in [2.75, 3.05) is 17.2 Å². The summed E-state index contributed by atoms with van der Waals surface area (Å²) in [6.45, 7) is 4.80. The number of carbonyl (C=O) groups excluding carboxylic acids is 1. The SMILES string of the molecule is CCOc1cccc2c1NC(=O)C1(CCC(C)CC1)N2. The van der Waals surface area contributed by atoms with E-state index in [0.717, 1.165) is 42.8 Å². The van der Waals surface area contributed by atoms with Crippen LogP contribution in [0.5, 0.6) is 5.75 Å². The quantitative estimate of drug-likeness (QED) is 0.869. The number of amides is 1. The Labute approximate surface area is 119 Å². The summed E-state index contributed by atoms with van der Waals surface area (Å²) in [5.74, 6) is 1.54. The Morgan fingerprint density at radius 1 is 1.35 bits per heavy atom. The maximum absolute atomic E-state index is 12.6. The van der Waals surface area contributed by atoms with Gasteiger partial charge in [-0.1, -0.05) is 13.0 Å². The van der Waals surface area contributed by atoms with Crippen LogP contribution in [0.25, 0.3) is 0 Å². The zero-order chi connectivity index (χ0) is 14.2. The summed E-state index contributed by atoms with van der Waals surface area (Å²) in [6, 6.07) is 5.87. The van der Waals surface area contributed by atoms with Crippen LogP contribution in [0.3, 0.4) is 0 Å². The highest BCUT2D eigenvalue weighted by atomic mass is 16.5. The average molecular weight is 274 g/mol. The minimum Gasteiger partial charge on any atom is -0.492 e. The van der Waals surface area contributed by atoms with E-state index in [1.54, 1.807) is 0 Å². The Bertz CT molecular complexity index is 519. The van der Waals surface area contributed by atoms with Crippen LogP contribution in [-0.4, -0.2) is 18.1 Å². The van der Waals surface area contributed by atoms with Crippen LogP contribution in [0.1, 0.15) is 39.5 Å². The molecule has 1 aliphatic carbocycles. The largest absolute Gasteiger partial charge is 0.492 e. The number of anilines is 2. The van der Waals surface area contributed by atoms with Gasteiger partial charge >= 0.3 is 0 Å². The first-order chi connectivity index (χ1) is 9.64. The molecular formula is C16H22N2O2. The summed E-state index contributed by atoms with van der Waals surface area (Å²) in [5, 5.41) is 6.55. The lowest BCUT2D eigenvalue weighted by molar-refractivity contribution is -0.121. The van der Waals surface area contributed by atoms with E-state index >= 15 is 0 Å². The fraction of sp³-hybridized carbons (Fsp3) is 0.562. The Balaban J connectivity index is 1.91. The maximum atomic E-state index is 12.6. The normalized spacial score (nSPS) is 28.5. The molecule has 0 radical (unpaired) electrons. The molecule has 1 amide bonds. The molecule has 2 aliphatic rings. The number of fused-ring (bicyclic) bond motifs is 1. The molecule has 1 aromatic rings. The highest BCUT2D eigenvalue weighted by Gasteiger charge is 2.44. The Morgan fingerprint density at radius 2 is 2.10 bits per heavy atom. The molecule has 2 N–H and O–H groups in total. The molecule has 0 saturated heterocycles. The van der Waals surface area contributed by atoms with E-state index in [1.165, 1.54) is 0 Å². The summed E-state index contributed by atoms with van der Waals surface area (Å²) in [7, 11) is 0. The van der Waals surface area contributed by atoms with Crippen LogP contribution in [-0.2, 0) is 4.79 Å². The predicted molar refractivity (Wildman–Crippen MR) is 80.2 cm³/mol. The minimum atomic E-state index is -0.426. The smallest absolute Gasteiger partial charge is 0.250 e. The van der Waals surface area contributed by atoms with Crippen molar-refractivity contribution < 1.29 is 9.53 Å². The van der Waals surface area contributed by atoms with E-state index in [9.17, 15) is 4.79 Å². The van der Waals surface area contributed by atoms with Gasteiger partial charge in [0.1, 0.15) is 17.0 Å². The molecule has 1 heterocycles. The van der Waals surface area contributed by atoms with Crippen molar-refractivity contribution >= 4 is 17.3 Å². The van der Waals surface area contributed by atoms with Crippen molar-refractivity contribution in [2.45, 2.75) is 45.1 Å². The summed E-state index contributed by atoms with van der Waals surface area (Å²) in [6.07, 6.45) is 4.00. The lowest BCUT2D eigenvalue weighted by atomic mass is 9.75. The second-order valence-corrected chi connectivity index (χ2v) is 5.96. The Kier molecular flexibility index (Phi) is 3.32. The molecule has 0 atom stereocenters. The number of carbonyl (C=O) groups is 1. The molecule has 20 heavy (non-hydrogen) atoms. The molecule has 4 heteroatoms. The number of benzene rings is 1. The van der Waals surface area contributed by atoms with E-state index in [-0.39, 0.29) is 5.91 Å². The van der Waals surface area contributed by atoms with Crippen molar-refractivity contribution in [3.05, 3.63) is 18.2 Å². The van der Waals surface area contributed by atoms with Gasteiger partial charge in [-0.25, -0.2) is 0 Å². The van der Waals surface area contributed by atoms with E-state index in [4.69, 9.17) is 4.74 Å². The first kappa shape index (κ1) is 13.3. The molecule has 3 rings (SSSR count). The second kappa shape index (κ2) is 5.00. The lowest BCUT2D eigenvalue weighted by Crippen LogP contribution is -2.54. The van der Waals surface area contributed by atoms with Crippen molar-refractivity contribution in [1.29, 1.82) is 0 Å². The average Bonchev–Trinajstić information content (AvgIpc) is 2.44. The predicted octanol–water partition coefficient (Wildman–Crippen LogP) is 3.40. The van der Waals surface area contributed by atoms with Crippen LogP contribution < -0.4 is 15.4 Å². The molecule has 0 unspecified atom stereocenters. The number of ether oxygens (including phenoxy) is 1. The second-order valence-electron chi connectivity index (χ2n) is 5.96. The van der Waals surface area contributed by atoms with Crippen LogP contribution >= 0.6 is 0 Å². The third-order valence-corrected chi connectivity index (χ3v) is 4.50. The molecule has 1 aromatic carbocycles. The van der Waals surface area contributed by atoms with Crippen LogP contribution in [0.4, 0.5) is 11.4 Å². The summed E-state index contributed by atoms with van der Waals surface area (Å²) in [4.78, 5) is 12.6. The first-order valence-corrected chi connectivity index (χ1v) is 7.50. The minimum absolute atomic E-state index is 0.0871. The van der Waals surface area contributed by atoms with Gasteiger partial charge in [-0.05, 0) is 50.7 Å². The van der Waals surface area contributed by atoms with Crippen molar-refractivity contribution in [1.82, 2.24) is 0 Å². The third-order valence-electron chi connectivity index (χ3n) is 4.50. The zero-order valence-corrected chi connectivity index (χ0v) is 12.2. The number of nitrogens with one attached hydrogen (secondary N) is 2. The summed E-state index contributed by atoms with van der Waals surface area (Å²) >= 11 is 0. The summed E-state index contributed by atoms with van der Waals surface area (Å²) < 4.78 is 5.59. The Morgan fingerprint density at radius 3 is 2.80 bits per heavy atom.